The third-order valence-corrected chi connectivity index (χ3v) is 5.91. The molecule has 0 N–H and O–H groups in total. The maximum Gasteiger partial charge on any atom is 0.254 e. The number of hydrogen-bond donors (Lipinski definition) is 0. The molecule has 196 valence electrons. The predicted octanol–water partition coefficient (Wildman–Crippen LogP) is 4.55. The van der Waals surface area contributed by atoms with Gasteiger partial charge in [-0.3, -0.25) is 9.59 Å². The molecule has 1 aliphatic heterocycles. The molecule has 0 saturated heterocycles. The van der Waals surface area contributed by atoms with Crippen LogP contribution in [0, 0.1) is 12.7 Å². The van der Waals surface area contributed by atoms with Crippen molar-refractivity contribution in [2.45, 2.75) is 33.4 Å². The van der Waals surface area contributed by atoms with Crippen molar-refractivity contribution in [3.8, 4) is 11.5 Å². The van der Waals surface area contributed by atoms with E-state index in [0.717, 1.165) is 11.3 Å². The zero-order valence-corrected chi connectivity index (χ0v) is 21.1. The summed E-state index contributed by atoms with van der Waals surface area (Å²) < 4.78 is 35.8. The highest BCUT2D eigenvalue weighted by Gasteiger charge is 2.24. The second kappa shape index (κ2) is 12.4. The van der Waals surface area contributed by atoms with Crippen molar-refractivity contribution in [3.05, 3.63) is 83.1 Å². The molecule has 0 spiro atoms. The molecule has 0 saturated carbocycles. The molecule has 3 aromatic rings. The van der Waals surface area contributed by atoms with Gasteiger partial charge < -0.3 is 28.4 Å². The van der Waals surface area contributed by atoms with E-state index >= 15 is 0 Å². The molecule has 37 heavy (non-hydrogen) atoms. The van der Waals surface area contributed by atoms with E-state index in [1.165, 1.54) is 23.1 Å². The largest absolute Gasteiger partial charge is 0.464 e. The number of ether oxygens (including phenoxy) is 3. The minimum Gasteiger partial charge on any atom is -0.464 e. The molecule has 0 atom stereocenters. The standard InChI is InChI=1S/C28H31FN2O6/c1-3-34-13-5-12-30(28(33)22-6-4-7-23(29)15-22)18-27(32)31(17-24-10-8-20(2)37-24)16-21-9-11-25-26(14-21)36-19-35-25/h4,6-11,14-15H,3,5,12-13,16-19H2,1-2H3. The number of hydrogen-bond acceptors (Lipinski definition) is 6. The van der Waals surface area contributed by atoms with Gasteiger partial charge in [-0.2, -0.15) is 0 Å². The summed E-state index contributed by atoms with van der Waals surface area (Å²) in [4.78, 5) is 30.0. The number of carbonyl (C=O) groups is 2. The molecular formula is C28H31FN2O6. The zero-order valence-electron chi connectivity index (χ0n) is 21.1. The van der Waals surface area contributed by atoms with Crippen molar-refractivity contribution in [2.75, 3.05) is 33.1 Å². The Labute approximate surface area is 215 Å². The summed E-state index contributed by atoms with van der Waals surface area (Å²) in [6.07, 6.45) is 0.543. The van der Waals surface area contributed by atoms with Gasteiger partial charge in [-0.15, -0.1) is 0 Å². The summed E-state index contributed by atoms with van der Waals surface area (Å²) in [5, 5.41) is 0. The van der Waals surface area contributed by atoms with E-state index in [0.29, 0.717) is 43.4 Å². The van der Waals surface area contributed by atoms with Crippen LogP contribution in [0.3, 0.4) is 0 Å². The van der Waals surface area contributed by atoms with Crippen LogP contribution in [0.5, 0.6) is 11.5 Å². The minimum atomic E-state index is -0.510. The van der Waals surface area contributed by atoms with Crippen molar-refractivity contribution in [1.82, 2.24) is 9.80 Å². The molecule has 0 aliphatic carbocycles. The number of rotatable bonds is 12. The molecular weight excluding hydrogens is 479 g/mol. The second-order valence-corrected chi connectivity index (χ2v) is 8.74. The summed E-state index contributed by atoms with van der Waals surface area (Å²) in [7, 11) is 0. The highest BCUT2D eigenvalue weighted by atomic mass is 19.1. The van der Waals surface area contributed by atoms with Crippen molar-refractivity contribution >= 4 is 11.8 Å². The third-order valence-electron chi connectivity index (χ3n) is 5.91. The highest BCUT2D eigenvalue weighted by molar-refractivity contribution is 5.96. The average Bonchev–Trinajstić information content (AvgIpc) is 3.53. The predicted molar refractivity (Wildman–Crippen MR) is 134 cm³/mol. The fourth-order valence-corrected chi connectivity index (χ4v) is 4.07. The van der Waals surface area contributed by atoms with Crippen LogP contribution in [0.4, 0.5) is 4.39 Å². The Morgan fingerprint density at radius 1 is 1.00 bits per heavy atom. The van der Waals surface area contributed by atoms with E-state index in [2.05, 4.69) is 0 Å². The van der Waals surface area contributed by atoms with Crippen LogP contribution in [-0.2, 0) is 22.6 Å². The van der Waals surface area contributed by atoms with Crippen LogP contribution in [0.25, 0.3) is 0 Å². The number of nitrogens with zero attached hydrogens (tertiary/aromatic N) is 2. The molecule has 8 nitrogen and oxygen atoms in total. The lowest BCUT2D eigenvalue weighted by atomic mass is 10.1. The Kier molecular flexibility index (Phi) is 8.79. The number of fused-ring (bicyclic) bond motifs is 1. The first kappa shape index (κ1) is 26.2. The van der Waals surface area contributed by atoms with E-state index in [9.17, 15) is 14.0 Å². The minimum absolute atomic E-state index is 0.159. The van der Waals surface area contributed by atoms with Crippen LogP contribution >= 0.6 is 0 Å². The monoisotopic (exact) mass is 510 g/mol. The van der Waals surface area contributed by atoms with Gasteiger partial charge in [0.2, 0.25) is 12.7 Å². The van der Waals surface area contributed by atoms with Crippen LogP contribution in [-0.4, -0.2) is 54.7 Å². The first-order valence-electron chi connectivity index (χ1n) is 12.3. The summed E-state index contributed by atoms with van der Waals surface area (Å²) in [5.41, 5.74) is 1.04. The number of benzene rings is 2. The van der Waals surface area contributed by atoms with Gasteiger partial charge in [0.25, 0.3) is 5.91 Å². The molecule has 1 aliphatic rings. The molecule has 0 radical (unpaired) electrons. The molecule has 2 amide bonds. The first-order valence-corrected chi connectivity index (χ1v) is 12.3. The summed E-state index contributed by atoms with van der Waals surface area (Å²) in [6.45, 7) is 5.51. The number of aryl methyl sites for hydroxylation is 1. The average molecular weight is 511 g/mol. The van der Waals surface area contributed by atoms with Crippen molar-refractivity contribution in [1.29, 1.82) is 0 Å². The Balaban J connectivity index is 1.54. The van der Waals surface area contributed by atoms with Crippen molar-refractivity contribution < 1.29 is 32.6 Å². The fraction of sp³-hybridized carbons (Fsp3) is 0.357. The van der Waals surface area contributed by atoms with Gasteiger partial charge in [0, 0.05) is 31.9 Å². The smallest absolute Gasteiger partial charge is 0.254 e. The van der Waals surface area contributed by atoms with Gasteiger partial charge in [0.05, 0.1) is 6.54 Å². The van der Waals surface area contributed by atoms with Gasteiger partial charge >= 0.3 is 0 Å². The Morgan fingerprint density at radius 2 is 1.84 bits per heavy atom. The molecule has 0 unspecified atom stereocenters. The van der Waals surface area contributed by atoms with E-state index in [1.807, 2.05) is 44.2 Å². The Bertz CT molecular complexity index is 1230. The van der Waals surface area contributed by atoms with Crippen LogP contribution < -0.4 is 9.47 Å². The topological polar surface area (TPSA) is 81.5 Å². The lowest BCUT2D eigenvalue weighted by Crippen LogP contribution is -2.43. The third kappa shape index (κ3) is 7.10. The second-order valence-electron chi connectivity index (χ2n) is 8.74. The number of carbonyl (C=O) groups excluding carboxylic acids is 2. The van der Waals surface area contributed by atoms with E-state index in [-0.39, 0.29) is 37.9 Å². The normalized spacial score (nSPS) is 12.0. The maximum absolute atomic E-state index is 13.8. The van der Waals surface area contributed by atoms with Gasteiger partial charge in [0.1, 0.15) is 23.9 Å². The molecule has 0 fully saturated rings. The van der Waals surface area contributed by atoms with Crippen LogP contribution in [0.1, 0.15) is 40.8 Å². The Hall–Kier alpha value is -3.85. The van der Waals surface area contributed by atoms with Gasteiger partial charge in [0.15, 0.2) is 11.5 Å². The summed E-state index contributed by atoms with van der Waals surface area (Å²) in [6, 6.07) is 14.7. The summed E-state index contributed by atoms with van der Waals surface area (Å²) >= 11 is 0. The quantitative estimate of drug-likeness (QED) is 0.333. The molecule has 4 rings (SSSR count). The molecule has 2 aromatic carbocycles. The van der Waals surface area contributed by atoms with Gasteiger partial charge in [-0.1, -0.05) is 12.1 Å². The van der Waals surface area contributed by atoms with Gasteiger partial charge in [-0.25, -0.2) is 4.39 Å². The van der Waals surface area contributed by atoms with Crippen molar-refractivity contribution in [3.63, 3.8) is 0 Å². The molecule has 9 heteroatoms. The SMILES string of the molecule is CCOCCCN(CC(=O)N(Cc1ccc2c(c1)OCO2)Cc1ccc(C)o1)C(=O)c1cccc(F)c1. The van der Waals surface area contributed by atoms with Crippen LogP contribution in [0.15, 0.2) is 59.0 Å². The number of amides is 2. The highest BCUT2D eigenvalue weighted by Crippen LogP contribution is 2.33. The lowest BCUT2D eigenvalue weighted by molar-refractivity contribution is -0.133. The lowest BCUT2D eigenvalue weighted by Gasteiger charge is -2.27. The number of furan rings is 1. The fourth-order valence-electron chi connectivity index (χ4n) is 4.07. The van der Waals surface area contributed by atoms with E-state index in [4.69, 9.17) is 18.6 Å². The molecule has 1 aromatic heterocycles. The number of halogens is 1. The van der Waals surface area contributed by atoms with Crippen LogP contribution in [0.2, 0.25) is 0 Å². The molecule has 0 bridgehead atoms. The van der Waals surface area contributed by atoms with Crippen molar-refractivity contribution in [2.24, 2.45) is 0 Å². The Morgan fingerprint density at radius 3 is 2.59 bits per heavy atom. The van der Waals surface area contributed by atoms with E-state index in [1.54, 1.807) is 11.0 Å². The maximum atomic E-state index is 13.8. The first-order chi connectivity index (χ1) is 17.9. The van der Waals surface area contributed by atoms with Gasteiger partial charge in [-0.05, 0) is 68.3 Å². The molecule has 2 heterocycles. The summed E-state index contributed by atoms with van der Waals surface area (Å²) in [5.74, 6) is 1.45. The zero-order chi connectivity index (χ0) is 26.2. The van der Waals surface area contributed by atoms with E-state index < -0.39 is 11.7 Å².